The largest absolute Gasteiger partial charge is 0.497 e. The van der Waals surface area contributed by atoms with Gasteiger partial charge in [0.15, 0.2) is 0 Å². The van der Waals surface area contributed by atoms with Crippen LogP contribution < -0.4 is 15.0 Å². The van der Waals surface area contributed by atoms with Gasteiger partial charge in [-0.25, -0.2) is 0 Å². The van der Waals surface area contributed by atoms with Crippen molar-refractivity contribution in [3.63, 3.8) is 0 Å². The Hall–Kier alpha value is -4.00. The summed E-state index contributed by atoms with van der Waals surface area (Å²) in [7, 11) is 1.56. The minimum atomic E-state index is -1.30. The molecule has 11 nitrogen and oxygen atoms in total. The molecule has 1 unspecified atom stereocenters. The first-order chi connectivity index (χ1) is 23.2. The zero-order valence-corrected chi connectivity index (χ0v) is 28.5. The summed E-state index contributed by atoms with van der Waals surface area (Å²) in [5.41, 5.74) is 0.0163. The number of allylic oxidation sites excluding steroid dienone is 1. The molecule has 2 aromatic rings. The molecule has 2 N–H and O–H groups in total. The van der Waals surface area contributed by atoms with Crippen LogP contribution >= 0.6 is 15.9 Å². The van der Waals surface area contributed by atoms with Crippen LogP contribution in [0, 0.1) is 11.8 Å². The van der Waals surface area contributed by atoms with Crippen molar-refractivity contribution in [2.45, 2.75) is 54.3 Å². The van der Waals surface area contributed by atoms with Crippen LogP contribution in [0.4, 0.5) is 5.69 Å². The lowest BCUT2D eigenvalue weighted by molar-refractivity contribution is -0.145. The summed E-state index contributed by atoms with van der Waals surface area (Å²) in [6.45, 7) is 7.47. The van der Waals surface area contributed by atoms with Gasteiger partial charge in [0.2, 0.25) is 11.8 Å². The van der Waals surface area contributed by atoms with Crippen LogP contribution in [0.25, 0.3) is 0 Å². The van der Waals surface area contributed by atoms with Gasteiger partial charge in [0.25, 0.3) is 5.91 Å². The molecule has 0 radical (unpaired) electrons. The second-order valence-corrected chi connectivity index (χ2v) is 13.4. The van der Waals surface area contributed by atoms with Crippen molar-refractivity contribution in [2.24, 2.45) is 11.8 Å². The summed E-state index contributed by atoms with van der Waals surface area (Å²) < 4.78 is 17.5. The molecule has 48 heavy (non-hydrogen) atoms. The lowest BCUT2D eigenvalue weighted by Gasteiger charge is -2.37. The first-order valence-corrected chi connectivity index (χ1v) is 17.0. The Kier molecular flexibility index (Phi) is 11.4. The molecule has 7 atom stereocenters. The van der Waals surface area contributed by atoms with Crippen molar-refractivity contribution in [1.82, 2.24) is 10.2 Å². The highest BCUT2D eigenvalue weighted by atomic mass is 79.9. The Bertz CT molecular complexity index is 1500. The average Bonchev–Trinajstić information content (AvgIpc) is 3.70. The van der Waals surface area contributed by atoms with Crippen LogP contribution in [0.15, 0.2) is 79.9 Å². The third-order valence-corrected chi connectivity index (χ3v) is 10.2. The minimum absolute atomic E-state index is 0.104. The first-order valence-electron chi connectivity index (χ1n) is 16.1. The van der Waals surface area contributed by atoms with E-state index in [9.17, 15) is 24.3 Å². The van der Waals surface area contributed by atoms with Gasteiger partial charge in [-0.05, 0) is 49.1 Å². The van der Waals surface area contributed by atoms with Crippen molar-refractivity contribution < 1.29 is 38.5 Å². The maximum Gasteiger partial charge on any atom is 0.306 e. The number of carbonyl (C=O) groups is 4. The zero-order chi connectivity index (χ0) is 34.4. The minimum Gasteiger partial charge on any atom is -0.497 e. The standard InChI is InChI=1S/C36H42BrN3O8/c1-4-6-13-28(42)47-22-27(23-11-8-7-9-12-23)38-33(43)29-30-34(44)40(19-10-20-41)32(36(30)21-26(37)31(29)48-36)35(45)39(18-5-2)24-14-16-25(46-3)17-15-24/h4-5,7-9,11-12,14-17,26-27,29-32,41H,1-2,6,10,13,18-22H2,3H3,(H,38,43)/t26?,27-,29+,30-,31+,32+,36-/m0/s1. The number of halogens is 1. The number of amides is 3. The van der Waals surface area contributed by atoms with Crippen molar-refractivity contribution >= 4 is 45.3 Å². The number of hydrogen-bond acceptors (Lipinski definition) is 8. The smallest absolute Gasteiger partial charge is 0.306 e. The van der Waals surface area contributed by atoms with Crippen LogP contribution in [-0.4, -0.2) is 89.7 Å². The molecule has 3 fully saturated rings. The molecule has 5 rings (SSSR count). The number of aliphatic hydroxyl groups is 1. The molecule has 3 aliphatic rings. The molecule has 256 valence electrons. The van der Waals surface area contributed by atoms with E-state index in [1.165, 1.54) is 4.90 Å². The second-order valence-electron chi connectivity index (χ2n) is 12.2. The first kappa shape index (κ1) is 35.3. The fraction of sp³-hybridized carbons (Fsp3) is 0.444. The van der Waals surface area contributed by atoms with Gasteiger partial charge in [-0.1, -0.05) is 58.4 Å². The topological polar surface area (TPSA) is 135 Å². The van der Waals surface area contributed by atoms with Crippen molar-refractivity contribution in [3.8, 4) is 5.75 Å². The Labute approximate surface area is 289 Å². The Morgan fingerprint density at radius 1 is 1.17 bits per heavy atom. The number of methoxy groups -OCH3 is 1. The molecule has 12 heteroatoms. The Morgan fingerprint density at radius 2 is 1.90 bits per heavy atom. The van der Waals surface area contributed by atoms with E-state index in [0.29, 0.717) is 24.3 Å². The van der Waals surface area contributed by atoms with Crippen LogP contribution in [0.1, 0.15) is 37.3 Å². The molecule has 3 amide bonds. The number of hydrogen-bond donors (Lipinski definition) is 2. The number of anilines is 1. The predicted octanol–water partition coefficient (Wildman–Crippen LogP) is 3.71. The number of ether oxygens (including phenoxy) is 3. The van der Waals surface area contributed by atoms with Crippen molar-refractivity contribution in [2.75, 3.05) is 38.3 Å². The van der Waals surface area contributed by atoms with Gasteiger partial charge >= 0.3 is 5.97 Å². The molecule has 0 saturated carbocycles. The third-order valence-electron chi connectivity index (χ3n) is 9.33. The van der Waals surface area contributed by atoms with Gasteiger partial charge in [-0.2, -0.15) is 0 Å². The molecule has 0 aliphatic carbocycles. The normalized spacial score (nSPS) is 26.0. The zero-order valence-electron chi connectivity index (χ0n) is 27.0. The fourth-order valence-electron chi connectivity index (χ4n) is 7.19. The molecule has 3 aliphatic heterocycles. The highest BCUT2D eigenvalue weighted by Gasteiger charge is 2.76. The summed E-state index contributed by atoms with van der Waals surface area (Å²) in [4.78, 5) is 58.4. The third kappa shape index (κ3) is 6.79. The lowest BCUT2D eigenvalue weighted by atomic mass is 9.70. The number of carbonyl (C=O) groups excluding carboxylic acids is 4. The number of rotatable bonds is 16. The van der Waals surface area contributed by atoms with Gasteiger partial charge in [-0.3, -0.25) is 19.2 Å². The number of fused-ring (bicyclic) bond motifs is 1. The van der Waals surface area contributed by atoms with Crippen LogP contribution in [0.3, 0.4) is 0 Å². The Balaban J connectivity index is 1.47. The number of esters is 1. The van der Waals surface area contributed by atoms with Gasteiger partial charge in [-0.15, -0.1) is 13.2 Å². The van der Waals surface area contributed by atoms with E-state index < -0.39 is 47.5 Å². The second kappa shape index (κ2) is 15.5. The summed E-state index contributed by atoms with van der Waals surface area (Å²) in [5, 5.41) is 12.8. The molecule has 2 bridgehead atoms. The number of nitrogens with zero attached hydrogens (tertiary/aromatic N) is 2. The van der Waals surface area contributed by atoms with E-state index in [0.717, 1.165) is 5.56 Å². The molecule has 2 aromatic carbocycles. The average molecular weight is 725 g/mol. The maximum absolute atomic E-state index is 14.6. The Morgan fingerprint density at radius 3 is 2.54 bits per heavy atom. The number of nitrogens with one attached hydrogen (secondary N) is 1. The summed E-state index contributed by atoms with van der Waals surface area (Å²) in [5.74, 6) is -2.85. The van der Waals surface area contributed by atoms with E-state index in [-0.39, 0.29) is 55.8 Å². The van der Waals surface area contributed by atoms with Gasteiger partial charge in [0.05, 0.1) is 31.1 Å². The van der Waals surface area contributed by atoms with Crippen LogP contribution in [0.2, 0.25) is 0 Å². The van der Waals surface area contributed by atoms with Crippen LogP contribution in [0.5, 0.6) is 5.75 Å². The molecule has 1 spiro atoms. The molecule has 0 aromatic heterocycles. The number of alkyl halides is 1. The molecular formula is C36H42BrN3O8. The van der Waals surface area contributed by atoms with E-state index in [1.807, 2.05) is 30.3 Å². The molecular weight excluding hydrogens is 682 g/mol. The predicted molar refractivity (Wildman–Crippen MR) is 182 cm³/mol. The summed E-state index contributed by atoms with van der Waals surface area (Å²) in [6.07, 6.45) is 3.76. The maximum atomic E-state index is 14.6. The SMILES string of the molecule is C=CCCC(=O)OC[C@H](NC(=O)[C@H]1[C@@H]2O[C@@]3(CC2Br)[C@@H]1C(=O)N(CCCO)[C@@H]3C(=O)N(CC=C)c1ccc(OC)cc1)c1ccccc1. The molecule has 3 saturated heterocycles. The van der Waals surface area contributed by atoms with Crippen molar-refractivity contribution in [3.05, 3.63) is 85.5 Å². The molecule has 3 heterocycles. The summed E-state index contributed by atoms with van der Waals surface area (Å²) in [6, 6.07) is 14.4. The van der Waals surface area contributed by atoms with Gasteiger partial charge in [0.1, 0.15) is 24.0 Å². The number of aliphatic hydroxyl groups excluding tert-OH is 1. The van der Waals surface area contributed by atoms with E-state index >= 15 is 0 Å². The van der Waals surface area contributed by atoms with Gasteiger partial charge in [0, 0.05) is 36.6 Å². The number of benzene rings is 2. The monoisotopic (exact) mass is 723 g/mol. The van der Waals surface area contributed by atoms with E-state index in [4.69, 9.17) is 14.2 Å². The summed E-state index contributed by atoms with van der Waals surface area (Å²) >= 11 is 3.71. The van der Waals surface area contributed by atoms with Crippen molar-refractivity contribution in [1.29, 1.82) is 0 Å². The van der Waals surface area contributed by atoms with E-state index in [2.05, 4.69) is 34.4 Å². The lowest BCUT2D eigenvalue weighted by Crippen LogP contribution is -2.57. The van der Waals surface area contributed by atoms with Crippen LogP contribution in [-0.2, 0) is 28.7 Å². The van der Waals surface area contributed by atoms with E-state index in [1.54, 1.807) is 48.4 Å². The number of likely N-dealkylation sites (tertiary alicyclic amines) is 1. The van der Waals surface area contributed by atoms with Gasteiger partial charge < -0.3 is 34.4 Å². The quantitative estimate of drug-likeness (QED) is 0.152. The highest BCUT2D eigenvalue weighted by molar-refractivity contribution is 9.09. The fourth-order valence-corrected chi connectivity index (χ4v) is 8.14. The highest BCUT2D eigenvalue weighted by Crippen LogP contribution is 2.60.